The Balaban J connectivity index is 2.04. The van der Waals surface area contributed by atoms with Crippen LogP contribution in [0.2, 0.25) is 0 Å². The van der Waals surface area contributed by atoms with Gasteiger partial charge in [-0.15, -0.1) is 0 Å². The van der Waals surface area contributed by atoms with Crippen molar-refractivity contribution in [3.8, 4) is 0 Å². The number of nitrogens with zero attached hydrogens (tertiary/aromatic N) is 1. The van der Waals surface area contributed by atoms with Gasteiger partial charge >= 0.3 is 0 Å². The first-order chi connectivity index (χ1) is 5.86. The summed E-state index contributed by atoms with van der Waals surface area (Å²) in [5.74, 6) is 1.66. The number of hydrogen-bond acceptors (Lipinski definition) is 1. The van der Waals surface area contributed by atoms with Crippen LogP contribution in [0.3, 0.4) is 0 Å². The Morgan fingerprint density at radius 2 is 1.58 bits per heavy atom. The van der Waals surface area contributed by atoms with Crippen molar-refractivity contribution in [3.63, 3.8) is 0 Å². The predicted molar refractivity (Wildman–Crippen MR) is 53.2 cm³/mol. The summed E-state index contributed by atoms with van der Waals surface area (Å²) < 4.78 is 2.36. The van der Waals surface area contributed by atoms with Gasteiger partial charge in [-0.1, -0.05) is 33.7 Å². The lowest BCUT2D eigenvalue weighted by molar-refractivity contribution is 0.577. The highest BCUT2D eigenvalue weighted by Gasteiger charge is 2.42. The molecular weight excluding hydrogens is 165 g/mol. The van der Waals surface area contributed by atoms with Gasteiger partial charge in [0.05, 0.1) is 0 Å². The molecule has 0 radical (unpaired) electrons. The Bertz CT molecular complexity index is 292. The number of rotatable bonds is 0. The second-order valence-corrected chi connectivity index (χ2v) is 4.53. The van der Waals surface area contributed by atoms with E-state index in [4.69, 9.17) is 0 Å². The first kappa shape index (κ1) is 7.06. The molecule has 2 heteroatoms. The van der Waals surface area contributed by atoms with E-state index < -0.39 is 0 Å². The Labute approximate surface area is 75.0 Å². The highest BCUT2D eigenvalue weighted by molar-refractivity contribution is 7.13. The smallest absolute Gasteiger partial charge is 0.00919 e. The van der Waals surface area contributed by atoms with Crippen LogP contribution < -0.4 is 0 Å². The molecule has 3 unspecified atom stereocenters. The lowest BCUT2D eigenvalue weighted by atomic mass is 9.70. The van der Waals surface area contributed by atoms with Gasteiger partial charge in [-0.3, -0.25) is 4.67 Å². The number of benzene rings is 1. The minimum Gasteiger partial charge on any atom is -0.286 e. The van der Waals surface area contributed by atoms with Gasteiger partial charge in [0, 0.05) is 24.9 Å². The SMILES string of the molecule is PN1CC2c3ccccc3C2C1. The van der Waals surface area contributed by atoms with Crippen LogP contribution in [0.15, 0.2) is 24.3 Å². The van der Waals surface area contributed by atoms with E-state index in [-0.39, 0.29) is 0 Å². The molecule has 0 amide bonds. The average Bonchev–Trinajstić information content (AvgIpc) is 2.42. The molecule has 3 rings (SSSR count). The molecule has 12 heavy (non-hydrogen) atoms. The third kappa shape index (κ3) is 0.760. The van der Waals surface area contributed by atoms with Crippen molar-refractivity contribution in [2.45, 2.75) is 11.8 Å². The summed E-state index contributed by atoms with van der Waals surface area (Å²) in [4.78, 5) is 0. The quantitative estimate of drug-likeness (QED) is 0.548. The molecule has 1 aromatic carbocycles. The van der Waals surface area contributed by atoms with Crippen LogP contribution in [-0.2, 0) is 0 Å². The third-order valence-electron chi connectivity index (χ3n) is 3.14. The fourth-order valence-electron chi connectivity index (χ4n) is 2.55. The molecule has 0 aromatic heterocycles. The summed E-state index contributed by atoms with van der Waals surface area (Å²) in [5, 5.41) is 0. The Hall–Kier alpha value is -0.390. The second-order valence-electron chi connectivity index (χ2n) is 3.80. The molecular formula is C10H12NP. The summed E-state index contributed by atoms with van der Waals surface area (Å²) in [7, 11) is 2.81. The molecule has 2 aliphatic rings. The van der Waals surface area contributed by atoms with Crippen molar-refractivity contribution in [1.82, 2.24) is 4.67 Å². The molecule has 1 fully saturated rings. The molecule has 0 N–H and O–H groups in total. The molecule has 1 aromatic rings. The average molecular weight is 177 g/mol. The normalized spacial score (nSPS) is 32.4. The van der Waals surface area contributed by atoms with Crippen LogP contribution in [0.25, 0.3) is 0 Å². The van der Waals surface area contributed by atoms with Crippen molar-refractivity contribution >= 4 is 9.39 Å². The van der Waals surface area contributed by atoms with Crippen molar-refractivity contribution in [2.75, 3.05) is 13.1 Å². The minimum atomic E-state index is 0.832. The first-order valence-corrected chi connectivity index (χ1v) is 4.96. The largest absolute Gasteiger partial charge is 0.286 e. The van der Waals surface area contributed by atoms with Crippen LogP contribution in [-0.4, -0.2) is 17.8 Å². The fraction of sp³-hybridized carbons (Fsp3) is 0.400. The lowest BCUT2D eigenvalue weighted by Gasteiger charge is -2.33. The standard InChI is InChI=1S/C10H12NP/c12-11-5-9-7-3-1-2-4-8(7)10(9)6-11/h1-4,9-10H,5-6,12H2. The van der Waals surface area contributed by atoms with E-state index in [1.54, 1.807) is 11.1 Å². The van der Waals surface area contributed by atoms with Gasteiger partial charge in [0.25, 0.3) is 0 Å². The third-order valence-corrected chi connectivity index (χ3v) is 3.56. The zero-order valence-corrected chi connectivity index (χ0v) is 8.06. The van der Waals surface area contributed by atoms with Gasteiger partial charge in [0.2, 0.25) is 0 Å². The molecule has 1 heterocycles. The van der Waals surface area contributed by atoms with Crippen molar-refractivity contribution in [2.24, 2.45) is 0 Å². The van der Waals surface area contributed by atoms with Gasteiger partial charge in [-0.05, 0) is 11.1 Å². The highest BCUT2D eigenvalue weighted by Crippen LogP contribution is 2.51. The predicted octanol–water partition coefficient (Wildman–Crippen LogP) is 1.97. The monoisotopic (exact) mass is 177 g/mol. The molecule has 3 atom stereocenters. The molecule has 1 aliphatic heterocycles. The summed E-state index contributed by atoms with van der Waals surface area (Å²) in [5.41, 5.74) is 3.18. The van der Waals surface area contributed by atoms with E-state index in [1.807, 2.05) is 0 Å². The number of fused-ring (bicyclic) bond motifs is 4. The minimum absolute atomic E-state index is 0.832. The summed E-state index contributed by atoms with van der Waals surface area (Å²) in [6.07, 6.45) is 0. The summed E-state index contributed by atoms with van der Waals surface area (Å²) >= 11 is 0. The van der Waals surface area contributed by atoms with Crippen LogP contribution in [0.1, 0.15) is 23.0 Å². The fourth-order valence-corrected chi connectivity index (χ4v) is 3.01. The molecule has 0 bridgehead atoms. The topological polar surface area (TPSA) is 3.24 Å². The van der Waals surface area contributed by atoms with E-state index in [0.29, 0.717) is 0 Å². The Kier molecular flexibility index (Phi) is 1.36. The van der Waals surface area contributed by atoms with Gasteiger partial charge in [0.1, 0.15) is 0 Å². The Morgan fingerprint density at radius 1 is 1.08 bits per heavy atom. The summed E-state index contributed by atoms with van der Waals surface area (Å²) in [6, 6.07) is 8.86. The van der Waals surface area contributed by atoms with E-state index in [1.165, 1.54) is 13.1 Å². The van der Waals surface area contributed by atoms with Gasteiger partial charge in [-0.25, -0.2) is 0 Å². The van der Waals surface area contributed by atoms with Gasteiger partial charge in [0.15, 0.2) is 0 Å². The molecule has 1 nitrogen and oxygen atoms in total. The van der Waals surface area contributed by atoms with Gasteiger partial charge in [-0.2, -0.15) is 0 Å². The van der Waals surface area contributed by atoms with Crippen LogP contribution >= 0.6 is 9.39 Å². The van der Waals surface area contributed by atoms with Crippen LogP contribution in [0, 0.1) is 0 Å². The van der Waals surface area contributed by atoms with Crippen LogP contribution in [0.5, 0.6) is 0 Å². The van der Waals surface area contributed by atoms with Crippen molar-refractivity contribution in [1.29, 1.82) is 0 Å². The molecule has 1 saturated heterocycles. The zero-order valence-electron chi connectivity index (χ0n) is 6.90. The molecule has 1 aliphatic carbocycles. The maximum absolute atomic E-state index is 2.81. The highest BCUT2D eigenvalue weighted by atomic mass is 31.0. The van der Waals surface area contributed by atoms with Crippen LogP contribution in [0.4, 0.5) is 0 Å². The molecule has 0 saturated carbocycles. The van der Waals surface area contributed by atoms with E-state index in [0.717, 1.165) is 11.8 Å². The first-order valence-electron chi connectivity index (χ1n) is 4.45. The van der Waals surface area contributed by atoms with E-state index >= 15 is 0 Å². The molecule has 0 spiro atoms. The maximum Gasteiger partial charge on any atom is 0.00919 e. The van der Waals surface area contributed by atoms with E-state index in [2.05, 4.69) is 38.3 Å². The maximum atomic E-state index is 2.81. The van der Waals surface area contributed by atoms with E-state index in [9.17, 15) is 0 Å². The Morgan fingerprint density at radius 3 is 2.08 bits per heavy atom. The second kappa shape index (κ2) is 2.31. The lowest BCUT2D eigenvalue weighted by Crippen LogP contribution is -2.21. The van der Waals surface area contributed by atoms with Crippen molar-refractivity contribution < 1.29 is 0 Å². The summed E-state index contributed by atoms with van der Waals surface area (Å²) in [6.45, 7) is 2.46. The zero-order chi connectivity index (χ0) is 8.13. The molecule has 62 valence electrons. The number of hydrogen-bond donors (Lipinski definition) is 0. The van der Waals surface area contributed by atoms with Crippen molar-refractivity contribution in [3.05, 3.63) is 35.4 Å². The van der Waals surface area contributed by atoms with Gasteiger partial charge < -0.3 is 0 Å².